The topological polar surface area (TPSA) is 24.9 Å². The van der Waals surface area contributed by atoms with E-state index in [0.717, 1.165) is 11.8 Å². The zero-order chi connectivity index (χ0) is 14.9. The molecule has 2 aromatic rings. The van der Waals surface area contributed by atoms with Crippen molar-refractivity contribution in [1.29, 1.82) is 0 Å². The first-order valence-corrected chi connectivity index (χ1v) is 7.50. The fourth-order valence-electron chi connectivity index (χ4n) is 1.69. The Morgan fingerprint density at radius 3 is 2.65 bits per heavy atom. The summed E-state index contributed by atoms with van der Waals surface area (Å²) in [5, 5.41) is 5.17. The Hall–Kier alpha value is -0.920. The first-order valence-electron chi connectivity index (χ1n) is 5.82. The molecule has 0 aliphatic heterocycles. The maximum absolute atomic E-state index is 13.1. The minimum Gasteiger partial charge on any atom is -0.312 e. The van der Waals surface area contributed by atoms with Gasteiger partial charge in [-0.25, -0.2) is 4.98 Å². The number of nitrogens with zero attached hydrogens (tertiary/aromatic N) is 1. The number of alkyl halides is 3. The molecule has 0 fully saturated rings. The van der Waals surface area contributed by atoms with Crippen LogP contribution in [0.1, 0.15) is 24.2 Å². The Morgan fingerprint density at radius 1 is 1.35 bits per heavy atom. The Bertz CT molecular complexity index is 610. The standard InChI is InChI=1S/C13H12BrF3N2S/c1-7(18-2)11-6-20-12(19-11)9-4-3-8(14)5-10(9)13(15,16)17/h3-7,18H,1-2H3. The molecular weight excluding hydrogens is 353 g/mol. The maximum atomic E-state index is 13.1. The van der Waals surface area contributed by atoms with Gasteiger partial charge in [0.05, 0.1) is 11.3 Å². The Labute approximate surface area is 127 Å². The smallest absolute Gasteiger partial charge is 0.312 e. The van der Waals surface area contributed by atoms with Crippen LogP contribution in [0.5, 0.6) is 0 Å². The lowest BCUT2D eigenvalue weighted by Crippen LogP contribution is -2.12. The molecule has 0 spiro atoms. The molecule has 108 valence electrons. The third kappa shape index (κ3) is 3.21. The van der Waals surface area contributed by atoms with E-state index in [4.69, 9.17) is 0 Å². The largest absolute Gasteiger partial charge is 0.417 e. The van der Waals surface area contributed by atoms with Crippen LogP contribution in [0.15, 0.2) is 28.1 Å². The van der Waals surface area contributed by atoms with Crippen LogP contribution in [0, 0.1) is 0 Å². The second kappa shape index (κ2) is 5.83. The summed E-state index contributed by atoms with van der Waals surface area (Å²) in [5.74, 6) is 0. The number of benzene rings is 1. The van der Waals surface area contributed by atoms with E-state index >= 15 is 0 Å². The molecule has 1 aromatic heterocycles. The highest BCUT2D eigenvalue weighted by Crippen LogP contribution is 2.39. The van der Waals surface area contributed by atoms with Crippen LogP contribution in [0.25, 0.3) is 10.6 Å². The van der Waals surface area contributed by atoms with Gasteiger partial charge in [-0.1, -0.05) is 22.0 Å². The van der Waals surface area contributed by atoms with Gasteiger partial charge in [-0.05, 0) is 26.1 Å². The van der Waals surface area contributed by atoms with Crippen LogP contribution >= 0.6 is 27.3 Å². The van der Waals surface area contributed by atoms with E-state index in [0.29, 0.717) is 9.48 Å². The summed E-state index contributed by atoms with van der Waals surface area (Å²) in [7, 11) is 1.78. The van der Waals surface area contributed by atoms with Gasteiger partial charge in [0.1, 0.15) is 5.01 Å². The van der Waals surface area contributed by atoms with Crippen molar-refractivity contribution in [2.75, 3.05) is 7.05 Å². The minimum absolute atomic E-state index is 0.00443. The second-order valence-corrected chi connectivity index (χ2v) is 6.05. The van der Waals surface area contributed by atoms with Crippen molar-refractivity contribution < 1.29 is 13.2 Å². The molecule has 0 amide bonds. The number of hydrogen-bond donors (Lipinski definition) is 1. The Morgan fingerprint density at radius 2 is 2.05 bits per heavy atom. The molecule has 0 aliphatic carbocycles. The first-order chi connectivity index (χ1) is 9.32. The molecule has 1 atom stereocenters. The van der Waals surface area contributed by atoms with Crippen molar-refractivity contribution >= 4 is 27.3 Å². The van der Waals surface area contributed by atoms with Crippen LogP contribution in [-0.4, -0.2) is 12.0 Å². The molecule has 1 heterocycles. The van der Waals surface area contributed by atoms with Crippen LogP contribution in [-0.2, 0) is 6.18 Å². The zero-order valence-electron chi connectivity index (χ0n) is 10.8. The van der Waals surface area contributed by atoms with Crippen molar-refractivity contribution in [2.24, 2.45) is 0 Å². The van der Waals surface area contributed by atoms with E-state index in [9.17, 15) is 13.2 Å². The number of hydrogen-bond acceptors (Lipinski definition) is 3. The fourth-order valence-corrected chi connectivity index (χ4v) is 3.01. The van der Waals surface area contributed by atoms with Crippen LogP contribution < -0.4 is 5.32 Å². The van der Waals surface area contributed by atoms with Crippen molar-refractivity contribution in [1.82, 2.24) is 10.3 Å². The number of thiazole rings is 1. The lowest BCUT2D eigenvalue weighted by Gasteiger charge is -2.11. The number of nitrogens with one attached hydrogen (secondary N) is 1. The summed E-state index contributed by atoms with van der Waals surface area (Å²) in [6.45, 7) is 1.91. The van der Waals surface area contributed by atoms with Crippen LogP contribution in [0.4, 0.5) is 13.2 Å². The predicted octanol–water partition coefficient (Wildman–Crippen LogP) is 4.87. The summed E-state index contributed by atoms with van der Waals surface area (Å²) >= 11 is 4.29. The average Bonchev–Trinajstić information content (AvgIpc) is 2.86. The second-order valence-electron chi connectivity index (χ2n) is 4.28. The van der Waals surface area contributed by atoms with E-state index in [1.165, 1.54) is 17.4 Å². The molecule has 0 saturated heterocycles. The van der Waals surface area contributed by atoms with Gasteiger partial charge < -0.3 is 5.32 Å². The molecule has 7 heteroatoms. The van der Waals surface area contributed by atoms with E-state index in [1.807, 2.05) is 6.92 Å². The SMILES string of the molecule is CNC(C)c1csc(-c2ccc(Br)cc2C(F)(F)F)n1. The van der Waals surface area contributed by atoms with Crippen molar-refractivity contribution in [2.45, 2.75) is 19.1 Å². The molecular formula is C13H12BrF3N2S. The average molecular weight is 365 g/mol. The molecule has 0 aliphatic rings. The highest BCUT2D eigenvalue weighted by atomic mass is 79.9. The van der Waals surface area contributed by atoms with Gasteiger partial charge in [0.15, 0.2) is 0 Å². The molecule has 0 bridgehead atoms. The quantitative estimate of drug-likeness (QED) is 0.839. The summed E-state index contributed by atoms with van der Waals surface area (Å²) in [5.41, 5.74) is 0.175. The van der Waals surface area contributed by atoms with E-state index in [1.54, 1.807) is 18.5 Å². The summed E-state index contributed by atoms with van der Waals surface area (Å²) in [6, 6.07) is 4.12. The molecule has 20 heavy (non-hydrogen) atoms. The van der Waals surface area contributed by atoms with Crippen molar-refractivity contribution in [3.8, 4) is 10.6 Å². The number of rotatable bonds is 3. The summed E-state index contributed by atoms with van der Waals surface area (Å²) in [6.07, 6.45) is -4.40. The number of halogens is 4. The molecule has 1 unspecified atom stereocenters. The van der Waals surface area contributed by atoms with Gasteiger partial charge in [-0.15, -0.1) is 11.3 Å². The molecule has 0 saturated carbocycles. The minimum atomic E-state index is -4.40. The first kappa shape index (κ1) is 15.5. The van der Waals surface area contributed by atoms with Gasteiger partial charge in [0.2, 0.25) is 0 Å². The van der Waals surface area contributed by atoms with E-state index in [2.05, 4.69) is 26.2 Å². The maximum Gasteiger partial charge on any atom is 0.417 e. The van der Waals surface area contributed by atoms with Gasteiger partial charge in [-0.3, -0.25) is 0 Å². The van der Waals surface area contributed by atoms with Gasteiger partial charge in [0, 0.05) is 21.5 Å². The van der Waals surface area contributed by atoms with Crippen LogP contribution in [0.2, 0.25) is 0 Å². The predicted molar refractivity (Wildman–Crippen MR) is 77.7 cm³/mol. The van der Waals surface area contributed by atoms with Gasteiger partial charge in [-0.2, -0.15) is 13.2 Å². The van der Waals surface area contributed by atoms with E-state index < -0.39 is 11.7 Å². The lowest BCUT2D eigenvalue weighted by molar-refractivity contribution is -0.137. The normalized spacial score (nSPS) is 13.5. The fraction of sp³-hybridized carbons (Fsp3) is 0.308. The molecule has 2 rings (SSSR count). The van der Waals surface area contributed by atoms with Gasteiger partial charge in [0.25, 0.3) is 0 Å². The van der Waals surface area contributed by atoms with E-state index in [-0.39, 0.29) is 11.6 Å². The highest BCUT2D eigenvalue weighted by Gasteiger charge is 2.34. The molecule has 0 radical (unpaired) electrons. The highest BCUT2D eigenvalue weighted by molar-refractivity contribution is 9.10. The third-order valence-electron chi connectivity index (χ3n) is 2.92. The van der Waals surface area contributed by atoms with Gasteiger partial charge >= 0.3 is 6.18 Å². The number of aromatic nitrogens is 1. The lowest BCUT2D eigenvalue weighted by atomic mass is 10.1. The molecule has 2 nitrogen and oxygen atoms in total. The zero-order valence-corrected chi connectivity index (χ0v) is 13.2. The molecule has 1 aromatic carbocycles. The Kier molecular flexibility index (Phi) is 4.51. The molecule has 1 N–H and O–H groups in total. The van der Waals surface area contributed by atoms with Crippen molar-refractivity contribution in [3.05, 3.63) is 39.3 Å². The third-order valence-corrected chi connectivity index (χ3v) is 4.30. The summed E-state index contributed by atoms with van der Waals surface area (Å²) in [4.78, 5) is 4.30. The van der Waals surface area contributed by atoms with Crippen LogP contribution in [0.3, 0.4) is 0 Å². The monoisotopic (exact) mass is 364 g/mol. The van der Waals surface area contributed by atoms with Crippen molar-refractivity contribution in [3.63, 3.8) is 0 Å². The Balaban J connectivity index is 2.50. The summed E-state index contributed by atoms with van der Waals surface area (Å²) < 4.78 is 39.7.